The first-order valence-electron chi connectivity index (χ1n) is 5.88. The molecule has 0 bridgehead atoms. The van der Waals surface area contributed by atoms with Crippen molar-refractivity contribution in [1.29, 1.82) is 0 Å². The van der Waals surface area contributed by atoms with Crippen molar-refractivity contribution in [1.82, 2.24) is 5.32 Å². The van der Waals surface area contributed by atoms with Crippen molar-refractivity contribution >= 4 is 0 Å². The van der Waals surface area contributed by atoms with Crippen LogP contribution >= 0.6 is 0 Å². The molecule has 0 aliphatic rings. The molecule has 0 heterocycles. The van der Waals surface area contributed by atoms with Crippen LogP contribution in [-0.4, -0.2) is 0 Å². The zero-order valence-electron chi connectivity index (χ0n) is 10.2. The van der Waals surface area contributed by atoms with Crippen LogP contribution in [0.5, 0.6) is 0 Å². The molecular weight excluding hydrogens is 244 g/mol. The molecule has 0 spiro atoms. The van der Waals surface area contributed by atoms with Crippen molar-refractivity contribution in [2.75, 3.05) is 0 Å². The summed E-state index contributed by atoms with van der Waals surface area (Å²) in [6.45, 7) is 0.448. The van der Waals surface area contributed by atoms with Gasteiger partial charge in [-0.05, 0) is 35.4 Å². The van der Waals surface area contributed by atoms with Gasteiger partial charge in [0.2, 0.25) is 0 Å². The molecule has 0 unspecified atom stereocenters. The number of hydrogen-bond donors (Lipinski definition) is 1. The molecule has 0 fully saturated rings. The van der Waals surface area contributed by atoms with Gasteiger partial charge in [-0.3, -0.25) is 5.32 Å². The summed E-state index contributed by atoms with van der Waals surface area (Å²) < 4.78 is 25.9. The minimum Gasteiger partial charge on any atom is -0.296 e. The molecule has 0 saturated heterocycles. The van der Waals surface area contributed by atoms with Crippen molar-refractivity contribution in [2.24, 2.45) is 0 Å². The highest BCUT2D eigenvalue weighted by Gasteiger charge is 2.07. The van der Waals surface area contributed by atoms with Gasteiger partial charge in [-0.1, -0.05) is 30.2 Å². The fourth-order valence-electron chi connectivity index (χ4n) is 1.80. The van der Waals surface area contributed by atoms with E-state index in [2.05, 4.69) is 11.2 Å². The number of rotatable bonds is 4. The van der Waals surface area contributed by atoms with Gasteiger partial charge >= 0.3 is 0 Å². The Bertz CT molecular complexity index is 584. The van der Waals surface area contributed by atoms with Crippen LogP contribution in [-0.2, 0) is 6.54 Å². The Kier molecular flexibility index (Phi) is 4.27. The van der Waals surface area contributed by atoms with Crippen LogP contribution in [0.1, 0.15) is 17.2 Å². The lowest BCUT2D eigenvalue weighted by atomic mass is 10.1. The number of hydrogen-bond acceptors (Lipinski definition) is 1. The maximum Gasteiger partial charge on any atom is 0.123 e. The van der Waals surface area contributed by atoms with E-state index in [0.717, 1.165) is 11.1 Å². The summed E-state index contributed by atoms with van der Waals surface area (Å²) in [5, 5.41) is 3.12. The van der Waals surface area contributed by atoms with Gasteiger partial charge in [-0.15, -0.1) is 6.42 Å². The van der Waals surface area contributed by atoms with Crippen LogP contribution in [0.15, 0.2) is 48.5 Å². The Morgan fingerprint density at radius 2 is 1.79 bits per heavy atom. The molecular formula is C16H13F2N. The van der Waals surface area contributed by atoms with E-state index < -0.39 is 0 Å². The summed E-state index contributed by atoms with van der Waals surface area (Å²) >= 11 is 0. The molecule has 96 valence electrons. The second kappa shape index (κ2) is 6.12. The summed E-state index contributed by atoms with van der Waals surface area (Å²) in [5.74, 6) is 2.01. The normalized spacial score (nSPS) is 11.8. The molecule has 2 aromatic carbocycles. The highest BCUT2D eigenvalue weighted by atomic mass is 19.1. The van der Waals surface area contributed by atoms with Gasteiger partial charge in [0, 0.05) is 6.54 Å². The zero-order chi connectivity index (χ0) is 13.7. The highest BCUT2D eigenvalue weighted by molar-refractivity contribution is 5.26. The second-order valence-electron chi connectivity index (χ2n) is 4.16. The van der Waals surface area contributed by atoms with Gasteiger partial charge in [0.15, 0.2) is 0 Å². The van der Waals surface area contributed by atoms with E-state index in [1.54, 1.807) is 18.2 Å². The fraction of sp³-hybridized carbons (Fsp3) is 0.125. The summed E-state index contributed by atoms with van der Waals surface area (Å²) in [7, 11) is 0. The molecule has 19 heavy (non-hydrogen) atoms. The molecule has 0 amide bonds. The number of halogens is 2. The molecule has 0 aliphatic carbocycles. The minimum atomic E-state index is -0.330. The summed E-state index contributed by atoms with van der Waals surface area (Å²) in [6.07, 6.45) is 5.46. The quantitative estimate of drug-likeness (QED) is 0.827. The first-order chi connectivity index (χ1) is 9.19. The van der Waals surface area contributed by atoms with Gasteiger partial charge in [-0.2, -0.15) is 0 Å². The lowest BCUT2D eigenvalue weighted by Crippen LogP contribution is -2.19. The van der Waals surface area contributed by atoms with Gasteiger partial charge in [0.25, 0.3) is 0 Å². The van der Waals surface area contributed by atoms with E-state index in [1.165, 1.54) is 24.3 Å². The molecule has 2 rings (SSSR count). The molecule has 0 saturated carbocycles. The third-order valence-electron chi connectivity index (χ3n) is 2.77. The predicted octanol–water partition coefficient (Wildman–Crippen LogP) is 3.43. The Morgan fingerprint density at radius 1 is 1.05 bits per heavy atom. The molecule has 1 atom stereocenters. The fourth-order valence-corrected chi connectivity index (χ4v) is 1.80. The van der Waals surface area contributed by atoms with Crippen LogP contribution < -0.4 is 5.32 Å². The van der Waals surface area contributed by atoms with Crippen molar-refractivity contribution in [3.05, 3.63) is 71.3 Å². The Labute approximate surface area is 111 Å². The third-order valence-corrected chi connectivity index (χ3v) is 2.77. The lowest BCUT2D eigenvalue weighted by Gasteiger charge is -2.13. The van der Waals surface area contributed by atoms with Crippen molar-refractivity contribution < 1.29 is 8.78 Å². The van der Waals surface area contributed by atoms with Crippen LogP contribution in [0.2, 0.25) is 0 Å². The largest absolute Gasteiger partial charge is 0.296 e. The van der Waals surface area contributed by atoms with Gasteiger partial charge < -0.3 is 0 Å². The van der Waals surface area contributed by atoms with Crippen LogP contribution in [0.25, 0.3) is 0 Å². The summed E-state index contributed by atoms with van der Waals surface area (Å²) in [5.41, 5.74) is 1.61. The number of nitrogens with one attached hydrogen (secondary N) is 1. The van der Waals surface area contributed by atoms with E-state index in [4.69, 9.17) is 6.42 Å². The van der Waals surface area contributed by atoms with Crippen LogP contribution in [0.3, 0.4) is 0 Å². The van der Waals surface area contributed by atoms with Gasteiger partial charge in [0.05, 0.1) is 6.04 Å². The van der Waals surface area contributed by atoms with E-state index >= 15 is 0 Å². The Hall–Kier alpha value is -2.18. The van der Waals surface area contributed by atoms with E-state index in [1.807, 2.05) is 6.07 Å². The van der Waals surface area contributed by atoms with Gasteiger partial charge in [0.1, 0.15) is 11.6 Å². The van der Waals surface area contributed by atoms with Crippen molar-refractivity contribution in [2.45, 2.75) is 12.6 Å². The minimum absolute atomic E-state index is 0.279. The van der Waals surface area contributed by atoms with Crippen molar-refractivity contribution in [3.8, 4) is 12.3 Å². The Balaban J connectivity index is 2.04. The molecule has 3 heteroatoms. The summed E-state index contributed by atoms with van der Waals surface area (Å²) in [6, 6.07) is 12.0. The molecule has 2 aromatic rings. The lowest BCUT2D eigenvalue weighted by molar-refractivity contribution is 0.606. The summed E-state index contributed by atoms with van der Waals surface area (Å²) in [4.78, 5) is 0. The molecule has 0 radical (unpaired) electrons. The number of terminal acetylenes is 1. The standard InChI is InChI=1S/C16H13F2N/c1-2-16(13-6-8-14(17)9-7-13)19-11-12-4-3-5-15(18)10-12/h1,3-10,16,19H,11H2/t16-/m0/s1. The first-order valence-corrected chi connectivity index (χ1v) is 5.88. The second-order valence-corrected chi connectivity index (χ2v) is 4.16. The molecule has 1 N–H and O–H groups in total. The van der Waals surface area contributed by atoms with Crippen LogP contribution in [0.4, 0.5) is 8.78 Å². The maximum atomic E-state index is 13.0. The van der Waals surface area contributed by atoms with Crippen LogP contribution in [0, 0.1) is 24.0 Å². The molecule has 0 aliphatic heterocycles. The topological polar surface area (TPSA) is 12.0 Å². The van der Waals surface area contributed by atoms with Gasteiger partial charge in [-0.25, -0.2) is 8.78 Å². The third kappa shape index (κ3) is 3.64. The van der Waals surface area contributed by atoms with Crippen molar-refractivity contribution in [3.63, 3.8) is 0 Å². The van der Waals surface area contributed by atoms with E-state index in [-0.39, 0.29) is 17.7 Å². The van der Waals surface area contributed by atoms with E-state index in [0.29, 0.717) is 6.54 Å². The maximum absolute atomic E-state index is 13.0. The Morgan fingerprint density at radius 3 is 2.42 bits per heavy atom. The van der Waals surface area contributed by atoms with E-state index in [9.17, 15) is 8.78 Å². The number of benzene rings is 2. The monoisotopic (exact) mass is 257 g/mol. The SMILES string of the molecule is C#C[C@H](NCc1cccc(F)c1)c1ccc(F)cc1. The molecule has 1 nitrogen and oxygen atoms in total. The highest BCUT2D eigenvalue weighted by Crippen LogP contribution is 2.14. The predicted molar refractivity (Wildman–Crippen MR) is 71.2 cm³/mol. The zero-order valence-corrected chi connectivity index (χ0v) is 10.2. The average molecular weight is 257 g/mol. The average Bonchev–Trinajstić information content (AvgIpc) is 2.41. The first kappa shape index (κ1) is 13.3. The smallest absolute Gasteiger partial charge is 0.123 e. The molecule has 0 aromatic heterocycles.